The molecule has 2 aromatic heterocycles. The van der Waals surface area contributed by atoms with Crippen LogP contribution in [0.1, 0.15) is 15.2 Å². The molecule has 0 aliphatic carbocycles. The largest absolute Gasteiger partial charge is 0.339 e. The lowest BCUT2D eigenvalue weighted by Crippen LogP contribution is -2.18. The van der Waals surface area contributed by atoms with Crippen LogP contribution in [0.15, 0.2) is 24.5 Å². The lowest BCUT2D eigenvalue weighted by molar-refractivity contribution is 0.112. The summed E-state index contributed by atoms with van der Waals surface area (Å²) in [5.74, 6) is 0.583. The van der Waals surface area contributed by atoms with Gasteiger partial charge < -0.3 is 4.90 Å². The molecule has 2 aromatic rings. The lowest BCUT2D eigenvalue weighted by Gasteiger charge is -2.15. The molecule has 6 heteroatoms. The van der Waals surface area contributed by atoms with E-state index in [0.29, 0.717) is 18.1 Å². The summed E-state index contributed by atoms with van der Waals surface area (Å²) in [6.45, 7) is 0.692. The molecular weight excluding hydrogens is 258 g/mol. The van der Waals surface area contributed by atoms with Gasteiger partial charge in [-0.25, -0.2) is 9.97 Å². The minimum absolute atomic E-state index is 0.473. The van der Waals surface area contributed by atoms with Crippen LogP contribution in [0, 0.1) is 0 Å². The number of halogens is 1. The predicted octanol–water partition coefficient (Wildman–Crippen LogP) is 2.64. The molecule has 0 atom stereocenters. The van der Waals surface area contributed by atoms with Crippen molar-refractivity contribution in [3.05, 3.63) is 39.3 Å². The summed E-state index contributed by atoms with van der Waals surface area (Å²) >= 11 is 7.39. The zero-order valence-electron chi connectivity index (χ0n) is 9.13. The molecule has 0 saturated carbocycles. The number of aldehydes is 1. The van der Waals surface area contributed by atoms with Crippen LogP contribution in [-0.4, -0.2) is 23.3 Å². The van der Waals surface area contributed by atoms with E-state index in [4.69, 9.17) is 11.6 Å². The van der Waals surface area contributed by atoms with E-state index in [0.717, 1.165) is 15.5 Å². The van der Waals surface area contributed by atoms with Gasteiger partial charge in [0.15, 0.2) is 6.29 Å². The molecule has 2 rings (SSSR count). The summed E-state index contributed by atoms with van der Waals surface area (Å²) in [4.78, 5) is 21.7. The van der Waals surface area contributed by atoms with Crippen LogP contribution >= 0.6 is 22.9 Å². The number of hydrogen-bond donors (Lipinski definition) is 0. The van der Waals surface area contributed by atoms with Gasteiger partial charge in [-0.1, -0.05) is 11.6 Å². The quantitative estimate of drug-likeness (QED) is 0.799. The maximum atomic E-state index is 10.5. The summed E-state index contributed by atoms with van der Waals surface area (Å²) in [5, 5.41) is 0. The molecule has 0 radical (unpaired) electrons. The van der Waals surface area contributed by atoms with Crippen molar-refractivity contribution in [3.63, 3.8) is 0 Å². The number of thiophene rings is 1. The summed E-state index contributed by atoms with van der Waals surface area (Å²) in [6.07, 6.45) is 3.74. The number of hydrogen-bond acceptors (Lipinski definition) is 5. The molecule has 0 aliphatic heterocycles. The van der Waals surface area contributed by atoms with Crippen molar-refractivity contribution in [1.82, 2.24) is 9.97 Å². The molecule has 0 unspecified atom stereocenters. The predicted molar refractivity (Wildman–Crippen MR) is 68.9 cm³/mol. The molecule has 0 fully saturated rings. The monoisotopic (exact) mass is 267 g/mol. The van der Waals surface area contributed by atoms with Crippen LogP contribution in [0.4, 0.5) is 5.95 Å². The highest BCUT2D eigenvalue weighted by molar-refractivity contribution is 7.16. The Bertz CT molecular complexity index is 512. The number of rotatable bonds is 4. The van der Waals surface area contributed by atoms with Crippen molar-refractivity contribution in [3.8, 4) is 0 Å². The SMILES string of the molecule is CN(Cc1ccc(Cl)s1)c1ncc(C=O)cn1. The third kappa shape index (κ3) is 3.01. The molecular formula is C11H10ClN3OS. The van der Waals surface area contributed by atoms with E-state index in [-0.39, 0.29) is 0 Å². The number of anilines is 1. The standard InChI is InChI=1S/C11H10ClN3OS/c1-15(6-9-2-3-10(12)17-9)11-13-4-8(7-16)5-14-11/h2-5,7H,6H2,1H3. The first-order chi connectivity index (χ1) is 8.19. The molecule has 88 valence electrons. The van der Waals surface area contributed by atoms with Crippen molar-refractivity contribution >= 4 is 35.2 Å². The first-order valence-corrected chi connectivity index (χ1v) is 6.11. The summed E-state index contributed by atoms with van der Waals surface area (Å²) in [5.41, 5.74) is 0.473. The first-order valence-electron chi connectivity index (χ1n) is 4.91. The highest BCUT2D eigenvalue weighted by Gasteiger charge is 2.06. The van der Waals surface area contributed by atoms with Crippen molar-refractivity contribution in [1.29, 1.82) is 0 Å². The molecule has 0 aromatic carbocycles. The Kier molecular flexibility index (Phi) is 3.71. The second-order valence-electron chi connectivity index (χ2n) is 3.50. The van der Waals surface area contributed by atoms with Crippen molar-refractivity contribution in [2.45, 2.75) is 6.54 Å². The number of carbonyl (C=O) groups is 1. The number of carbonyl (C=O) groups excluding carboxylic acids is 1. The third-order valence-electron chi connectivity index (χ3n) is 2.16. The van der Waals surface area contributed by atoms with Crippen LogP contribution in [0.5, 0.6) is 0 Å². The van der Waals surface area contributed by atoms with E-state index in [9.17, 15) is 4.79 Å². The molecule has 4 nitrogen and oxygen atoms in total. The van der Waals surface area contributed by atoms with Crippen LogP contribution < -0.4 is 4.90 Å². The number of nitrogens with zero attached hydrogens (tertiary/aromatic N) is 3. The second kappa shape index (κ2) is 5.25. The van der Waals surface area contributed by atoms with Crippen LogP contribution in [0.25, 0.3) is 0 Å². The normalized spacial score (nSPS) is 10.2. The van der Waals surface area contributed by atoms with Gasteiger partial charge >= 0.3 is 0 Å². The van der Waals surface area contributed by atoms with Crippen molar-refractivity contribution in [2.75, 3.05) is 11.9 Å². The smallest absolute Gasteiger partial charge is 0.225 e. The van der Waals surface area contributed by atoms with E-state index in [2.05, 4.69) is 9.97 Å². The van der Waals surface area contributed by atoms with Gasteiger partial charge in [0.05, 0.1) is 16.4 Å². The molecule has 0 bridgehead atoms. The molecule has 2 heterocycles. The Hall–Kier alpha value is -1.46. The Labute approximate surface area is 108 Å². The fourth-order valence-electron chi connectivity index (χ4n) is 1.33. The van der Waals surface area contributed by atoms with Crippen LogP contribution in [0.3, 0.4) is 0 Å². The average molecular weight is 268 g/mol. The highest BCUT2D eigenvalue weighted by atomic mass is 35.5. The Morgan fingerprint density at radius 3 is 2.65 bits per heavy atom. The summed E-state index contributed by atoms with van der Waals surface area (Å²) in [7, 11) is 1.89. The van der Waals surface area contributed by atoms with Crippen LogP contribution in [-0.2, 0) is 6.54 Å². The van der Waals surface area contributed by atoms with Crippen LogP contribution in [0.2, 0.25) is 4.34 Å². The topological polar surface area (TPSA) is 46.1 Å². The van der Waals surface area contributed by atoms with Gasteiger partial charge in [-0.15, -0.1) is 11.3 Å². The van der Waals surface area contributed by atoms with Gasteiger partial charge in [0.25, 0.3) is 0 Å². The maximum Gasteiger partial charge on any atom is 0.225 e. The van der Waals surface area contributed by atoms with E-state index < -0.39 is 0 Å². The highest BCUT2D eigenvalue weighted by Crippen LogP contribution is 2.23. The number of aromatic nitrogens is 2. The van der Waals surface area contributed by atoms with E-state index in [1.807, 2.05) is 24.1 Å². The second-order valence-corrected chi connectivity index (χ2v) is 5.30. The minimum Gasteiger partial charge on any atom is -0.339 e. The van der Waals surface area contributed by atoms with Gasteiger partial charge in [0.2, 0.25) is 5.95 Å². The van der Waals surface area contributed by atoms with Crippen molar-refractivity contribution < 1.29 is 4.79 Å². The van der Waals surface area contributed by atoms with Crippen molar-refractivity contribution in [2.24, 2.45) is 0 Å². The maximum absolute atomic E-state index is 10.5. The van der Waals surface area contributed by atoms with Gasteiger partial charge in [0, 0.05) is 24.3 Å². The van der Waals surface area contributed by atoms with Gasteiger partial charge in [-0.2, -0.15) is 0 Å². The van der Waals surface area contributed by atoms with Gasteiger partial charge in [0.1, 0.15) is 0 Å². The Morgan fingerprint density at radius 2 is 2.12 bits per heavy atom. The van der Waals surface area contributed by atoms with E-state index in [1.54, 1.807) is 0 Å². The lowest BCUT2D eigenvalue weighted by atomic mass is 10.4. The molecule has 0 spiro atoms. The van der Waals surface area contributed by atoms with Gasteiger partial charge in [-0.05, 0) is 12.1 Å². The zero-order chi connectivity index (χ0) is 12.3. The first kappa shape index (κ1) is 12.0. The summed E-state index contributed by atoms with van der Waals surface area (Å²) < 4.78 is 0.769. The minimum atomic E-state index is 0.473. The van der Waals surface area contributed by atoms with E-state index in [1.165, 1.54) is 23.7 Å². The fraction of sp³-hybridized carbons (Fsp3) is 0.182. The third-order valence-corrected chi connectivity index (χ3v) is 3.37. The fourth-order valence-corrected chi connectivity index (χ4v) is 2.47. The van der Waals surface area contributed by atoms with E-state index >= 15 is 0 Å². The molecule has 17 heavy (non-hydrogen) atoms. The molecule has 0 amide bonds. The Morgan fingerprint density at radius 1 is 1.41 bits per heavy atom. The Balaban J connectivity index is 2.08. The van der Waals surface area contributed by atoms with Gasteiger partial charge in [-0.3, -0.25) is 4.79 Å². The molecule has 0 saturated heterocycles. The molecule has 0 N–H and O–H groups in total. The average Bonchev–Trinajstić information content (AvgIpc) is 2.75. The summed E-state index contributed by atoms with van der Waals surface area (Å²) in [6, 6.07) is 3.84. The zero-order valence-corrected chi connectivity index (χ0v) is 10.7. The molecule has 0 aliphatic rings.